The van der Waals surface area contributed by atoms with E-state index in [9.17, 15) is 14.4 Å². The first-order valence-corrected chi connectivity index (χ1v) is 14.8. The summed E-state index contributed by atoms with van der Waals surface area (Å²) in [5.74, 6) is -1.35. The molecule has 4 aromatic carbocycles. The van der Waals surface area contributed by atoms with Crippen LogP contribution in [0.3, 0.4) is 0 Å². The molecule has 1 fully saturated rings. The highest BCUT2D eigenvalue weighted by Gasteiger charge is 2.70. The lowest BCUT2D eigenvalue weighted by Gasteiger charge is -2.38. The maximum absolute atomic E-state index is 14.9. The second kappa shape index (κ2) is 10.2. The van der Waals surface area contributed by atoms with Crippen LogP contribution in [0.15, 0.2) is 103 Å². The van der Waals surface area contributed by atoms with E-state index in [2.05, 4.69) is 5.32 Å². The van der Waals surface area contributed by atoms with Crippen LogP contribution in [0.5, 0.6) is 5.75 Å². The second-order valence-corrected chi connectivity index (χ2v) is 11.9. The van der Waals surface area contributed by atoms with Crippen molar-refractivity contribution in [2.45, 2.75) is 37.5 Å². The summed E-state index contributed by atoms with van der Waals surface area (Å²) in [6.45, 7) is 3.87. The summed E-state index contributed by atoms with van der Waals surface area (Å²) >= 11 is 6.58. The molecule has 3 aliphatic heterocycles. The molecular formula is C36H29ClN2O4. The Bertz CT molecular complexity index is 1810. The predicted molar refractivity (Wildman–Crippen MR) is 166 cm³/mol. The van der Waals surface area contributed by atoms with E-state index < -0.39 is 23.4 Å². The number of halogens is 1. The summed E-state index contributed by atoms with van der Waals surface area (Å²) in [5, 5.41) is 3.37. The fourth-order valence-electron chi connectivity index (χ4n) is 7.14. The van der Waals surface area contributed by atoms with E-state index in [4.69, 9.17) is 16.3 Å². The van der Waals surface area contributed by atoms with Crippen LogP contribution in [0, 0.1) is 5.92 Å². The van der Waals surface area contributed by atoms with Crippen LogP contribution in [-0.4, -0.2) is 34.5 Å². The highest BCUT2D eigenvalue weighted by Crippen LogP contribution is 2.62. The molecule has 0 unspecified atom stereocenters. The fourth-order valence-corrected chi connectivity index (χ4v) is 7.37. The molecule has 0 bridgehead atoms. The molecular weight excluding hydrogens is 560 g/mol. The molecule has 7 heteroatoms. The molecule has 6 nitrogen and oxygen atoms in total. The number of nitrogens with zero attached hydrogens (tertiary/aromatic N) is 1. The molecule has 43 heavy (non-hydrogen) atoms. The largest absolute Gasteiger partial charge is 0.491 e. The van der Waals surface area contributed by atoms with Gasteiger partial charge in [-0.3, -0.25) is 14.4 Å². The Hall–Kier alpha value is -4.68. The van der Waals surface area contributed by atoms with Crippen LogP contribution in [0.1, 0.15) is 57.3 Å². The van der Waals surface area contributed by atoms with E-state index in [1.54, 1.807) is 48.5 Å². The van der Waals surface area contributed by atoms with E-state index in [1.165, 1.54) is 0 Å². The summed E-state index contributed by atoms with van der Waals surface area (Å²) < 4.78 is 5.82. The SMILES string of the molecule is CC(C)Oc1ccc(C(=O)[C@@H]2[C@H](C(=O)c3ccccc3Cl)N3C=Cc4ccccc4[C@@H]3[C@@]23C(=O)Nc2ccccc23)cc1. The van der Waals surface area contributed by atoms with Gasteiger partial charge in [0.05, 0.1) is 23.1 Å². The van der Waals surface area contributed by atoms with Crippen molar-refractivity contribution in [3.8, 4) is 5.75 Å². The maximum atomic E-state index is 14.9. The Balaban J connectivity index is 1.49. The number of amides is 1. The van der Waals surface area contributed by atoms with Gasteiger partial charge < -0.3 is 15.0 Å². The van der Waals surface area contributed by atoms with Crippen molar-refractivity contribution >= 4 is 40.8 Å². The van der Waals surface area contributed by atoms with E-state index in [1.807, 2.05) is 79.6 Å². The third-order valence-corrected chi connectivity index (χ3v) is 9.10. The highest BCUT2D eigenvalue weighted by atomic mass is 35.5. The van der Waals surface area contributed by atoms with Crippen LogP contribution in [0.2, 0.25) is 5.02 Å². The van der Waals surface area contributed by atoms with Crippen LogP contribution < -0.4 is 10.1 Å². The van der Waals surface area contributed by atoms with Crippen molar-refractivity contribution < 1.29 is 19.1 Å². The zero-order valence-corrected chi connectivity index (χ0v) is 24.4. The number of nitrogens with one attached hydrogen (secondary N) is 1. The predicted octanol–water partition coefficient (Wildman–Crippen LogP) is 7.11. The summed E-state index contributed by atoms with van der Waals surface area (Å²) in [5.41, 5.74) is 2.46. The number of hydrogen-bond acceptors (Lipinski definition) is 5. The number of rotatable bonds is 6. The summed E-state index contributed by atoms with van der Waals surface area (Å²) in [7, 11) is 0. The van der Waals surface area contributed by atoms with Crippen molar-refractivity contribution in [2.24, 2.45) is 5.92 Å². The van der Waals surface area contributed by atoms with Crippen LogP contribution in [0.4, 0.5) is 5.69 Å². The average molecular weight is 589 g/mol. The van der Waals surface area contributed by atoms with Gasteiger partial charge in [0, 0.05) is 23.0 Å². The minimum absolute atomic E-state index is 0.0289. The minimum Gasteiger partial charge on any atom is -0.491 e. The maximum Gasteiger partial charge on any atom is 0.238 e. The topological polar surface area (TPSA) is 75.7 Å². The van der Waals surface area contributed by atoms with Gasteiger partial charge in [0.2, 0.25) is 5.91 Å². The lowest BCUT2D eigenvalue weighted by Crippen LogP contribution is -2.49. The molecule has 214 valence electrons. The number of ketones is 2. The van der Waals surface area contributed by atoms with Gasteiger partial charge >= 0.3 is 0 Å². The summed E-state index contributed by atoms with van der Waals surface area (Å²) in [6.07, 6.45) is 3.77. The normalized spacial score (nSPS) is 23.1. The highest BCUT2D eigenvalue weighted by molar-refractivity contribution is 6.34. The first-order chi connectivity index (χ1) is 20.8. The van der Waals surface area contributed by atoms with E-state index in [-0.39, 0.29) is 23.6 Å². The summed E-state index contributed by atoms with van der Waals surface area (Å²) in [6, 6.07) is 27.5. The number of anilines is 1. The monoisotopic (exact) mass is 588 g/mol. The third-order valence-electron chi connectivity index (χ3n) is 8.77. The van der Waals surface area contributed by atoms with Gasteiger partial charge in [-0.05, 0) is 79.1 Å². The van der Waals surface area contributed by atoms with E-state index in [0.717, 1.165) is 11.1 Å². The number of fused-ring (bicyclic) bond motifs is 6. The molecule has 3 aliphatic rings. The van der Waals surface area contributed by atoms with Gasteiger partial charge in [0.1, 0.15) is 17.2 Å². The van der Waals surface area contributed by atoms with E-state index >= 15 is 0 Å². The Labute approximate surface area is 254 Å². The first kappa shape index (κ1) is 27.2. The van der Waals surface area contributed by atoms with Crippen LogP contribution in [-0.2, 0) is 10.2 Å². The average Bonchev–Trinajstić information content (AvgIpc) is 3.49. The minimum atomic E-state index is -1.40. The van der Waals surface area contributed by atoms with Crippen molar-refractivity contribution in [3.63, 3.8) is 0 Å². The number of carbonyl (C=O) groups excluding carboxylic acids is 3. The van der Waals surface area contributed by atoms with Gasteiger partial charge in [-0.15, -0.1) is 0 Å². The number of ether oxygens (including phenoxy) is 1. The van der Waals surface area contributed by atoms with Gasteiger partial charge in [-0.25, -0.2) is 0 Å². The second-order valence-electron chi connectivity index (χ2n) is 11.5. The number of para-hydroxylation sites is 1. The lowest BCUT2D eigenvalue weighted by atomic mass is 9.62. The molecule has 4 aromatic rings. The third kappa shape index (κ3) is 4.04. The zero-order valence-electron chi connectivity index (χ0n) is 23.7. The van der Waals surface area contributed by atoms with Crippen molar-refractivity contribution in [1.29, 1.82) is 0 Å². The first-order valence-electron chi connectivity index (χ1n) is 14.4. The molecule has 1 amide bonds. The molecule has 0 aromatic heterocycles. The zero-order chi connectivity index (χ0) is 29.9. The van der Waals surface area contributed by atoms with Gasteiger partial charge in [-0.2, -0.15) is 0 Å². The fraction of sp³-hybridized carbons (Fsp3) is 0.194. The molecule has 3 heterocycles. The van der Waals surface area contributed by atoms with Gasteiger partial charge in [-0.1, -0.05) is 66.2 Å². The molecule has 7 rings (SSSR count). The Morgan fingerprint density at radius 2 is 1.58 bits per heavy atom. The molecule has 1 spiro atoms. The number of hydrogen-bond donors (Lipinski definition) is 1. The van der Waals surface area contributed by atoms with Gasteiger partial charge in [0.15, 0.2) is 11.6 Å². The molecule has 1 saturated heterocycles. The number of carbonyl (C=O) groups is 3. The molecule has 4 atom stereocenters. The van der Waals surface area contributed by atoms with Crippen LogP contribution >= 0.6 is 11.6 Å². The number of benzene rings is 4. The molecule has 0 radical (unpaired) electrons. The standard InChI is InChI=1S/C36H29ClN2O4/c1-21(2)43-24-17-15-23(16-18-24)32(40)30-31(33(41)26-11-5-7-13-28(26)37)39-20-19-22-9-3-4-10-25(22)34(39)36(30)27-12-6-8-14-29(27)38-35(36)42/h3-21,30-31,34H,1-2H3,(H,38,42)/t30-,31+,34+,36-/m0/s1. The molecule has 0 saturated carbocycles. The van der Waals surface area contributed by atoms with Gasteiger partial charge in [0.25, 0.3) is 0 Å². The van der Waals surface area contributed by atoms with Crippen molar-refractivity contribution in [1.82, 2.24) is 4.90 Å². The smallest absolute Gasteiger partial charge is 0.238 e. The summed E-state index contributed by atoms with van der Waals surface area (Å²) in [4.78, 5) is 46.0. The Kier molecular flexibility index (Phi) is 6.47. The lowest BCUT2D eigenvalue weighted by molar-refractivity contribution is -0.122. The Morgan fingerprint density at radius 3 is 2.35 bits per heavy atom. The number of Topliss-reactive ketones (excluding diaryl/α,β-unsaturated/α-hetero) is 2. The van der Waals surface area contributed by atoms with Crippen LogP contribution in [0.25, 0.3) is 6.08 Å². The van der Waals surface area contributed by atoms with Crippen molar-refractivity contribution in [2.75, 3.05) is 5.32 Å². The van der Waals surface area contributed by atoms with Crippen molar-refractivity contribution in [3.05, 3.63) is 136 Å². The molecule has 1 N–H and O–H groups in total. The quantitative estimate of drug-likeness (QED) is 0.243. The van der Waals surface area contributed by atoms with E-state index in [0.29, 0.717) is 33.1 Å². The Morgan fingerprint density at radius 1 is 0.884 bits per heavy atom. The molecule has 0 aliphatic carbocycles.